The van der Waals surface area contributed by atoms with E-state index in [4.69, 9.17) is 11.6 Å². The van der Waals surface area contributed by atoms with Crippen molar-refractivity contribution in [1.29, 1.82) is 0 Å². The topological polar surface area (TPSA) is 40.7 Å². The van der Waals surface area contributed by atoms with E-state index >= 15 is 0 Å². The summed E-state index contributed by atoms with van der Waals surface area (Å²) in [6, 6.07) is 6.00. The summed E-state index contributed by atoms with van der Waals surface area (Å²) in [5.41, 5.74) is 2.56. The lowest BCUT2D eigenvalue weighted by Crippen LogP contribution is -2.15. The van der Waals surface area contributed by atoms with E-state index in [0.717, 1.165) is 30.0 Å². The van der Waals surface area contributed by atoms with Crippen molar-refractivity contribution in [2.45, 2.75) is 39.2 Å². The number of H-pyrrole nitrogens is 1. The number of hydrogen-bond acceptors (Lipinski definition) is 3. The molecule has 1 aromatic carbocycles. The van der Waals surface area contributed by atoms with Crippen molar-refractivity contribution in [3.63, 3.8) is 0 Å². The highest BCUT2D eigenvalue weighted by Crippen LogP contribution is 2.26. The highest BCUT2D eigenvalue weighted by molar-refractivity contribution is 7.11. The van der Waals surface area contributed by atoms with Gasteiger partial charge in [0.25, 0.3) is 0 Å². The Morgan fingerprint density at radius 1 is 1.30 bits per heavy atom. The second-order valence-corrected chi connectivity index (χ2v) is 8.36. The van der Waals surface area contributed by atoms with E-state index in [-0.39, 0.29) is 5.41 Å². The van der Waals surface area contributed by atoms with E-state index < -0.39 is 0 Å². The number of benzene rings is 1. The lowest BCUT2D eigenvalue weighted by atomic mass is 9.98. The highest BCUT2D eigenvalue weighted by Gasteiger charge is 2.17. The molecule has 122 valence electrons. The maximum Gasteiger partial charge on any atom is 0.0981 e. The van der Waals surface area contributed by atoms with Crippen LogP contribution in [0.15, 0.2) is 30.6 Å². The molecule has 0 unspecified atom stereocenters. The maximum absolute atomic E-state index is 6.02. The summed E-state index contributed by atoms with van der Waals surface area (Å²) in [5.74, 6) is 0. The molecule has 0 radical (unpaired) electrons. The van der Waals surface area contributed by atoms with Crippen LogP contribution in [0.1, 0.15) is 36.2 Å². The van der Waals surface area contributed by atoms with Crippen LogP contribution in [0.2, 0.25) is 5.02 Å². The van der Waals surface area contributed by atoms with E-state index in [1.54, 1.807) is 11.3 Å². The molecule has 0 spiro atoms. The molecule has 3 aromatic rings. The van der Waals surface area contributed by atoms with Crippen molar-refractivity contribution < 1.29 is 0 Å². The molecule has 0 amide bonds. The van der Waals surface area contributed by atoms with Gasteiger partial charge < -0.3 is 10.3 Å². The average molecular weight is 348 g/mol. The van der Waals surface area contributed by atoms with Gasteiger partial charge in [0.05, 0.1) is 5.01 Å². The van der Waals surface area contributed by atoms with E-state index in [1.165, 1.54) is 20.8 Å². The summed E-state index contributed by atoms with van der Waals surface area (Å²) in [6.45, 7) is 8.42. The van der Waals surface area contributed by atoms with Gasteiger partial charge in [-0.2, -0.15) is 0 Å². The molecule has 0 aliphatic heterocycles. The Labute approximate surface area is 146 Å². The minimum Gasteiger partial charge on any atom is -0.361 e. The number of aromatic amines is 1. The van der Waals surface area contributed by atoms with E-state index in [9.17, 15) is 0 Å². The Morgan fingerprint density at radius 2 is 2.13 bits per heavy atom. The minimum absolute atomic E-state index is 0.133. The van der Waals surface area contributed by atoms with Crippen molar-refractivity contribution in [3.05, 3.63) is 51.1 Å². The van der Waals surface area contributed by atoms with Crippen molar-refractivity contribution >= 4 is 33.8 Å². The second-order valence-electron chi connectivity index (χ2n) is 6.81. The van der Waals surface area contributed by atoms with Crippen molar-refractivity contribution in [2.75, 3.05) is 6.54 Å². The van der Waals surface area contributed by atoms with Crippen LogP contribution in [0, 0.1) is 0 Å². The molecule has 5 heteroatoms. The lowest BCUT2D eigenvalue weighted by Gasteiger charge is -2.13. The van der Waals surface area contributed by atoms with Crippen LogP contribution in [0.5, 0.6) is 0 Å². The number of aromatic nitrogens is 2. The zero-order valence-corrected chi connectivity index (χ0v) is 15.3. The average Bonchev–Trinajstić information content (AvgIpc) is 3.09. The molecular formula is C18H22ClN3S. The number of fused-ring (bicyclic) bond motifs is 1. The first-order chi connectivity index (χ1) is 10.9. The molecule has 0 atom stereocenters. The predicted molar refractivity (Wildman–Crippen MR) is 99.5 cm³/mol. The molecule has 0 aliphatic carbocycles. The molecule has 2 aromatic heterocycles. The van der Waals surface area contributed by atoms with Gasteiger partial charge in [0.15, 0.2) is 0 Å². The Kier molecular flexibility index (Phi) is 4.76. The third-order valence-corrected chi connectivity index (χ3v) is 5.45. The highest BCUT2D eigenvalue weighted by atomic mass is 35.5. The normalized spacial score (nSPS) is 12.2. The summed E-state index contributed by atoms with van der Waals surface area (Å²) in [7, 11) is 0. The number of nitrogens with one attached hydrogen (secondary N) is 2. The molecule has 0 saturated carbocycles. The van der Waals surface area contributed by atoms with Gasteiger partial charge in [0.1, 0.15) is 0 Å². The number of rotatable bonds is 5. The number of nitrogens with zero attached hydrogens (tertiary/aromatic N) is 1. The largest absolute Gasteiger partial charge is 0.361 e. The first kappa shape index (κ1) is 16.5. The summed E-state index contributed by atoms with van der Waals surface area (Å²) >= 11 is 7.82. The van der Waals surface area contributed by atoms with Crippen LogP contribution in [-0.4, -0.2) is 16.5 Å². The van der Waals surface area contributed by atoms with Gasteiger partial charge in [-0.1, -0.05) is 38.4 Å². The molecule has 0 aliphatic rings. The number of thiazole rings is 1. The molecule has 3 nitrogen and oxygen atoms in total. The zero-order chi connectivity index (χ0) is 16.4. The van der Waals surface area contributed by atoms with Gasteiger partial charge in [-0.25, -0.2) is 4.98 Å². The summed E-state index contributed by atoms with van der Waals surface area (Å²) in [4.78, 5) is 9.11. The smallest absolute Gasteiger partial charge is 0.0981 e. The Morgan fingerprint density at radius 3 is 2.87 bits per heavy atom. The fourth-order valence-corrected chi connectivity index (χ4v) is 3.65. The monoisotopic (exact) mass is 347 g/mol. The molecule has 0 fully saturated rings. The van der Waals surface area contributed by atoms with Crippen LogP contribution >= 0.6 is 22.9 Å². The first-order valence-electron chi connectivity index (χ1n) is 7.85. The minimum atomic E-state index is 0.133. The van der Waals surface area contributed by atoms with Crippen molar-refractivity contribution in [1.82, 2.24) is 15.3 Å². The summed E-state index contributed by atoms with van der Waals surface area (Å²) in [6.07, 6.45) is 5.06. The summed E-state index contributed by atoms with van der Waals surface area (Å²) < 4.78 is 0. The van der Waals surface area contributed by atoms with Crippen LogP contribution in [0.3, 0.4) is 0 Å². The quantitative estimate of drug-likeness (QED) is 0.644. The fourth-order valence-electron chi connectivity index (χ4n) is 2.54. The van der Waals surface area contributed by atoms with Crippen LogP contribution in [-0.2, 0) is 18.4 Å². The predicted octanol–water partition coefficient (Wildman–Crippen LogP) is 4.91. The second kappa shape index (κ2) is 6.63. The van der Waals surface area contributed by atoms with Crippen molar-refractivity contribution in [3.8, 4) is 0 Å². The van der Waals surface area contributed by atoms with E-state index in [1.807, 2.05) is 18.3 Å². The molecule has 2 heterocycles. The molecule has 23 heavy (non-hydrogen) atoms. The van der Waals surface area contributed by atoms with Gasteiger partial charge in [-0.05, 0) is 30.7 Å². The van der Waals surface area contributed by atoms with E-state index in [0.29, 0.717) is 0 Å². The first-order valence-corrected chi connectivity index (χ1v) is 9.04. The van der Waals surface area contributed by atoms with Gasteiger partial charge >= 0.3 is 0 Å². The van der Waals surface area contributed by atoms with Gasteiger partial charge in [-0.15, -0.1) is 11.3 Å². The molecule has 3 rings (SSSR count). The summed E-state index contributed by atoms with van der Waals surface area (Å²) in [5, 5.41) is 6.73. The lowest BCUT2D eigenvalue weighted by molar-refractivity contribution is 0.585. The molecule has 2 N–H and O–H groups in total. The fraction of sp³-hybridized carbons (Fsp3) is 0.389. The third kappa shape index (κ3) is 3.94. The van der Waals surface area contributed by atoms with E-state index in [2.05, 4.69) is 48.3 Å². The number of halogens is 1. The number of hydrogen-bond donors (Lipinski definition) is 2. The van der Waals surface area contributed by atoms with Gasteiger partial charge in [0, 0.05) is 45.2 Å². The molecule has 0 saturated heterocycles. The molecule has 0 bridgehead atoms. The van der Waals surface area contributed by atoms with Gasteiger partial charge in [0.2, 0.25) is 0 Å². The van der Waals surface area contributed by atoms with Gasteiger partial charge in [-0.3, -0.25) is 0 Å². The third-order valence-electron chi connectivity index (χ3n) is 3.79. The van der Waals surface area contributed by atoms with Crippen LogP contribution < -0.4 is 5.32 Å². The SMILES string of the molecule is CC(C)(C)c1ncc(CNCCc2c[nH]c3cc(Cl)ccc23)s1. The van der Waals surface area contributed by atoms with Crippen LogP contribution in [0.25, 0.3) is 10.9 Å². The van der Waals surface area contributed by atoms with Crippen molar-refractivity contribution in [2.24, 2.45) is 0 Å². The molecular weight excluding hydrogens is 326 g/mol. The Bertz CT molecular complexity index is 798. The maximum atomic E-state index is 6.02. The van der Waals surface area contributed by atoms with Crippen LogP contribution in [0.4, 0.5) is 0 Å². The Hall–Kier alpha value is -1.36. The zero-order valence-electron chi connectivity index (χ0n) is 13.7. The Balaban J connectivity index is 1.54. The standard InChI is InChI=1S/C18H22ClN3S/c1-18(2,3)17-22-11-14(23-17)10-20-7-6-12-9-21-16-8-13(19)4-5-15(12)16/h4-5,8-9,11,20-21H,6-7,10H2,1-3H3.